The first kappa shape index (κ1) is 16.6. The minimum atomic E-state index is -2.79. The molecule has 1 unspecified atom stereocenters. The molecule has 0 radical (unpaired) electrons. The maximum absolute atomic E-state index is 12.1. The summed E-state index contributed by atoms with van der Waals surface area (Å²) in [7, 11) is 0. The molecule has 2 heterocycles. The van der Waals surface area contributed by atoms with Crippen molar-refractivity contribution in [3.63, 3.8) is 0 Å². The van der Waals surface area contributed by atoms with E-state index in [4.69, 9.17) is 0 Å². The van der Waals surface area contributed by atoms with E-state index >= 15 is 0 Å². The molecule has 1 aliphatic rings. The number of ether oxygens (including phenoxy) is 1. The molecule has 0 bridgehead atoms. The van der Waals surface area contributed by atoms with Gasteiger partial charge in [-0.3, -0.25) is 4.90 Å². The molecule has 24 heavy (non-hydrogen) atoms. The number of nitrogens with zero attached hydrogens (tertiary/aromatic N) is 3. The van der Waals surface area contributed by atoms with Gasteiger partial charge in [0.1, 0.15) is 5.75 Å². The lowest BCUT2D eigenvalue weighted by Gasteiger charge is -2.17. The van der Waals surface area contributed by atoms with Gasteiger partial charge in [-0.15, -0.1) is 0 Å². The smallest absolute Gasteiger partial charge is 0.387 e. The Bertz CT molecular complexity index is 666. The number of anilines is 1. The SMILES string of the molecule is Cc1ccnc(NC2CCN(Cc3ccc(OC(F)F)cc3)C2)n1. The van der Waals surface area contributed by atoms with Crippen LogP contribution in [0.4, 0.5) is 14.7 Å². The minimum Gasteiger partial charge on any atom is -0.435 e. The van der Waals surface area contributed by atoms with Gasteiger partial charge < -0.3 is 10.1 Å². The highest BCUT2D eigenvalue weighted by Crippen LogP contribution is 2.19. The van der Waals surface area contributed by atoms with Crippen LogP contribution in [-0.4, -0.2) is 40.6 Å². The van der Waals surface area contributed by atoms with Crippen molar-refractivity contribution in [2.75, 3.05) is 18.4 Å². The highest BCUT2D eigenvalue weighted by Gasteiger charge is 2.23. The average molecular weight is 334 g/mol. The topological polar surface area (TPSA) is 50.3 Å². The highest BCUT2D eigenvalue weighted by molar-refractivity contribution is 5.29. The summed E-state index contributed by atoms with van der Waals surface area (Å²) in [6, 6.07) is 8.98. The van der Waals surface area contributed by atoms with Crippen molar-refractivity contribution >= 4 is 5.95 Å². The number of nitrogens with one attached hydrogen (secondary N) is 1. The number of aryl methyl sites for hydroxylation is 1. The van der Waals surface area contributed by atoms with Crippen LogP contribution in [-0.2, 0) is 6.54 Å². The zero-order valence-corrected chi connectivity index (χ0v) is 13.5. The summed E-state index contributed by atoms with van der Waals surface area (Å²) >= 11 is 0. The first-order valence-electron chi connectivity index (χ1n) is 7.91. The summed E-state index contributed by atoms with van der Waals surface area (Å²) in [5.41, 5.74) is 2.01. The van der Waals surface area contributed by atoms with Crippen molar-refractivity contribution in [3.05, 3.63) is 47.8 Å². The number of alkyl halides is 2. The maximum atomic E-state index is 12.1. The molecule has 1 fully saturated rings. The molecule has 0 aliphatic carbocycles. The van der Waals surface area contributed by atoms with E-state index in [9.17, 15) is 8.78 Å². The number of hydrogen-bond donors (Lipinski definition) is 1. The molecule has 7 heteroatoms. The van der Waals surface area contributed by atoms with Crippen LogP contribution in [0.2, 0.25) is 0 Å². The van der Waals surface area contributed by atoms with Crippen molar-refractivity contribution < 1.29 is 13.5 Å². The van der Waals surface area contributed by atoms with Gasteiger partial charge in [-0.05, 0) is 37.1 Å². The van der Waals surface area contributed by atoms with Crippen molar-refractivity contribution in [3.8, 4) is 5.75 Å². The van der Waals surface area contributed by atoms with Crippen molar-refractivity contribution in [1.29, 1.82) is 0 Å². The van der Waals surface area contributed by atoms with Crippen molar-refractivity contribution in [1.82, 2.24) is 14.9 Å². The Labute approximate surface area is 139 Å². The van der Waals surface area contributed by atoms with E-state index in [1.54, 1.807) is 18.3 Å². The third-order valence-electron chi connectivity index (χ3n) is 3.96. The van der Waals surface area contributed by atoms with E-state index in [0.29, 0.717) is 12.0 Å². The predicted molar refractivity (Wildman–Crippen MR) is 87.1 cm³/mol. The molecular weight excluding hydrogens is 314 g/mol. The van der Waals surface area contributed by atoms with Gasteiger partial charge in [0.25, 0.3) is 0 Å². The van der Waals surface area contributed by atoms with Gasteiger partial charge in [-0.1, -0.05) is 12.1 Å². The lowest BCUT2D eigenvalue weighted by Crippen LogP contribution is -2.26. The third kappa shape index (κ3) is 4.61. The van der Waals surface area contributed by atoms with Gasteiger partial charge in [-0.2, -0.15) is 8.78 Å². The molecule has 0 saturated carbocycles. The quantitative estimate of drug-likeness (QED) is 0.880. The fourth-order valence-corrected chi connectivity index (χ4v) is 2.83. The summed E-state index contributed by atoms with van der Waals surface area (Å²) in [6.07, 6.45) is 2.77. The van der Waals surface area contributed by atoms with Crippen LogP contribution in [0.25, 0.3) is 0 Å². The van der Waals surface area contributed by atoms with Crippen LogP contribution in [0.1, 0.15) is 17.7 Å². The van der Waals surface area contributed by atoms with Gasteiger partial charge in [0.2, 0.25) is 5.95 Å². The first-order chi connectivity index (χ1) is 11.6. The maximum Gasteiger partial charge on any atom is 0.387 e. The largest absolute Gasteiger partial charge is 0.435 e. The average Bonchev–Trinajstić information content (AvgIpc) is 2.96. The predicted octanol–water partition coefficient (Wildman–Crippen LogP) is 3.07. The second-order valence-corrected chi connectivity index (χ2v) is 5.91. The third-order valence-corrected chi connectivity index (χ3v) is 3.96. The van der Waals surface area contributed by atoms with Crippen molar-refractivity contribution in [2.45, 2.75) is 32.5 Å². The number of halogens is 2. The molecule has 1 aliphatic heterocycles. The fraction of sp³-hybridized carbons (Fsp3) is 0.412. The Morgan fingerprint density at radius 2 is 2.08 bits per heavy atom. The zero-order chi connectivity index (χ0) is 16.9. The minimum absolute atomic E-state index is 0.186. The van der Waals surface area contributed by atoms with Gasteiger partial charge in [0.15, 0.2) is 0 Å². The standard InChI is InChI=1S/C17H20F2N4O/c1-12-6-8-20-17(21-12)22-14-7-9-23(11-14)10-13-2-4-15(5-3-13)24-16(18)19/h2-6,8,14,16H,7,9-11H2,1H3,(H,20,21,22). The van der Waals surface area contributed by atoms with Gasteiger partial charge >= 0.3 is 6.61 Å². The van der Waals surface area contributed by atoms with Crippen LogP contribution in [0, 0.1) is 6.92 Å². The Kier molecular flexibility index (Phi) is 5.20. The molecule has 1 N–H and O–H groups in total. The lowest BCUT2D eigenvalue weighted by molar-refractivity contribution is -0.0498. The molecule has 0 amide bonds. The molecular formula is C17H20F2N4O. The van der Waals surface area contributed by atoms with Crippen LogP contribution >= 0.6 is 0 Å². The summed E-state index contributed by atoms with van der Waals surface area (Å²) in [6.45, 7) is 1.80. The molecule has 1 saturated heterocycles. The molecule has 0 spiro atoms. The van der Waals surface area contributed by atoms with Gasteiger partial charge in [-0.25, -0.2) is 9.97 Å². The summed E-state index contributed by atoms with van der Waals surface area (Å²) in [5.74, 6) is 0.849. The molecule has 1 atom stereocenters. The van der Waals surface area contributed by atoms with Crippen LogP contribution in [0.5, 0.6) is 5.75 Å². The Hall–Kier alpha value is -2.28. The van der Waals surface area contributed by atoms with Gasteiger partial charge in [0.05, 0.1) is 0 Å². The second-order valence-electron chi connectivity index (χ2n) is 5.91. The second kappa shape index (κ2) is 7.53. The molecule has 5 nitrogen and oxygen atoms in total. The molecule has 1 aromatic carbocycles. The van der Waals surface area contributed by atoms with E-state index in [2.05, 4.69) is 24.9 Å². The van der Waals surface area contributed by atoms with Crippen LogP contribution in [0.3, 0.4) is 0 Å². The lowest BCUT2D eigenvalue weighted by atomic mass is 10.2. The number of likely N-dealkylation sites (tertiary alicyclic amines) is 1. The van der Waals surface area contributed by atoms with E-state index in [-0.39, 0.29) is 5.75 Å². The van der Waals surface area contributed by atoms with Crippen LogP contribution < -0.4 is 10.1 Å². The summed E-state index contributed by atoms with van der Waals surface area (Å²) in [5, 5.41) is 3.36. The Morgan fingerprint density at radius 1 is 1.29 bits per heavy atom. The van der Waals surface area contributed by atoms with E-state index < -0.39 is 6.61 Å². The molecule has 128 valence electrons. The molecule has 1 aromatic heterocycles. The molecule has 3 rings (SSSR count). The van der Waals surface area contributed by atoms with E-state index in [0.717, 1.165) is 37.3 Å². The zero-order valence-electron chi connectivity index (χ0n) is 13.5. The Balaban J connectivity index is 1.50. The van der Waals surface area contributed by atoms with E-state index in [1.807, 2.05) is 25.1 Å². The number of hydrogen-bond acceptors (Lipinski definition) is 5. The number of benzene rings is 1. The summed E-state index contributed by atoms with van der Waals surface area (Å²) in [4.78, 5) is 10.9. The van der Waals surface area contributed by atoms with E-state index in [1.165, 1.54) is 0 Å². The highest BCUT2D eigenvalue weighted by atomic mass is 19.3. The normalized spacial score (nSPS) is 18.1. The van der Waals surface area contributed by atoms with Crippen molar-refractivity contribution in [2.24, 2.45) is 0 Å². The number of aromatic nitrogens is 2. The fourth-order valence-electron chi connectivity index (χ4n) is 2.83. The number of rotatable bonds is 6. The monoisotopic (exact) mass is 334 g/mol. The van der Waals surface area contributed by atoms with Gasteiger partial charge in [0, 0.05) is 37.6 Å². The molecule has 2 aromatic rings. The Morgan fingerprint density at radius 3 is 2.79 bits per heavy atom. The van der Waals surface area contributed by atoms with Crippen LogP contribution in [0.15, 0.2) is 36.5 Å². The first-order valence-corrected chi connectivity index (χ1v) is 7.91. The summed E-state index contributed by atoms with van der Waals surface area (Å²) < 4.78 is 28.7.